The van der Waals surface area contributed by atoms with E-state index in [1.165, 1.54) is 23.5 Å². The molecule has 1 heterocycles. The van der Waals surface area contributed by atoms with Gasteiger partial charge in [0.15, 0.2) is 0 Å². The summed E-state index contributed by atoms with van der Waals surface area (Å²) in [4.78, 5) is 13.2. The molecule has 136 valence electrons. The molecule has 2 aromatic carbocycles. The monoisotopic (exact) mass is 396 g/mol. The molecule has 0 fully saturated rings. The van der Waals surface area contributed by atoms with Crippen LogP contribution in [0.15, 0.2) is 58.6 Å². The van der Waals surface area contributed by atoms with Crippen molar-refractivity contribution in [3.63, 3.8) is 0 Å². The Kier molecular flexibility index (Phi) is 6.46. The van der Waals surface area contributed by atoms with Crippen molar-refractivity contribution in [1.29, 1.82) is 5.26 Å². The van der Waals surface area contributed by atoms with E-state index in [1.807, 2.05) is 55.5 Å². The van der Waals surface area contributed by atoms with Crippen LogP contribution >= 0.6 is 23.5 Å². The van der Waals surface area contributed by atoms with E-state index >= 15 is 0 Å². The number of hydrogen-bond acceptors (Lipinski definition) is 7. The third kappa shape index (κ3) is 5.09. The molecule has 1 amide bonds. The summed E-state index contributed by atoms with van der Waals surface area (Å²) in [6.45, 7) is 2.00. The van der Waals surface area contributed by atoms with E-state index in [0.717, 1.165) is 16.1 Å². The lowest BCUT2D eigenvalue weighted by Gasteiger charge is -2.09. The summed E-state index contributed by atoms with van der Waals surface area (Å²) >= 11 is 2.65. The fourth-order valence-corrected chi connectivity index (χ4v) is 3.67. The lowest BCUT2D eigenvalue weighted by Crippen LogP contribution is -2.15. The maximum atomic E-state index is 12.4. The highest BCUT2D eigenvalue weighted by atomic mass is 32.2. The number of para-hydroxylation sites is 1. The minimum atomic E-state index is -0.163. The lowest BCUT2D eigenvalue weighted by atomic mass is 10.2. The van der Waals surface area contributed by atoms with Gasteiger partial charge in [-0.3, -0.25) is 4.79 Å². The number of nitriles is 1. The van der Waals surface area contributed by atoms with Crippen LogP contribution in [0.1, 0.15) is 5.56 Å². The van der Waals surface area contributed by atoms with E-state index in [0.29, 0.717) is 16.6 Å². The zero-order chi connectivity index (χ0) is 19.1. The van der Waals surface area contributed by atoms with Crippen LogP contribution in [0, 0.1) is 18.3 Å². The Morgan fingerprint density at radius 1 is 1.22 bits per heavy atom. The standard InChI is InChI=1S/C18H16N6OS2/c1-13-5-4-6-14(11-13)24-18(21-22-23-24)27-12-17(25)20-15-7-2-3-8-16(15)26-10-9-19/h2-8,11H,10,12H2,1H3,(H,20,25). The van der Waals surface area contributed by atoms with Crippen LogP contribution in [0.25, 0.3) is 5.69 Å². The quantitative estimate of drug-likeness (QED) is 0.612. The van der Waals surface area contributed by atoms with E-state index in [9.17, 15) is 4.79 Å². The number of nitrogens with zero attached hydrogens (tertiary/aromatic N) is 5. The number of aromatic nitrogens is 4. The number of benzene rings is 2. The Morgan fingerprint density at radius 3 is 2.89 bits per heavy atom. The Morgan fingerprint density at radius 2 is 2.07 bits per heavy atom. The van der Waals surface area contributed by atoms with Crippen molar-refractivity contribution in [1.82, 2.24) is 20.2 Å². The molecule has 0 saturated heterocycles. The Hall–Kier alpha value is -2.83. The first-order chi connectivity index (χ1) is 13.2. The number of rotatable bonds is 7. The van der Waals surface area contributed by atoms with Crippen molar-refractivity contribution in [2.24, 2.45) is 0 Å². The van der Waals surface area contributed by atoms with Crippen molar-refractivity contribution in [3.05, 3.63) is 54.1 Å². The molecule has 0 unspecified atom stereocenters. The second-order valence-corrected chi connectivity index (χ2v) is 7.45. The first-order valence-electron chi connectivity index (χ1n) is 8.04. The number of thioether (sulfide) groups is 2. The molecule has 0 bridgehead atoms. The van der Waals surface area contributed by atoms with E-state index in [4.69, 9.17) is 5.26 Å². The number of amides is 1. The largest absolute Gasteiger partial charge is 0.324 e. The Bertz CT molecular complexity index is 982. The van der Waals surface area contributed by atoms with Gasteiger partial charge in [-0.15, -0.1) is 16.9 Å². The van der Waals surface area contributed by atoms with E-state index in [1.54, 1.807) is 4.68 Å². The van der Waals surface area contributed by atoms with Gasteiger partial charge in [0.05, 0.1) is 28.9 Å². The van der Waals surface area contributed by atoms with E-state index in [-0.39, 0.29) is 11.7 Å². The van der Waals surface area contributed by atoms with Gasteiger partial charge < -0.3 is 5.32 Å². The maximum Gasteiger partial charge on any atom is 0.234 e. The molecule has 0 aliphatic heterocycles. The summed E-state index contributed by atoms with van der Waals surface area (Å²) in [7, 11) is 0. The minimum Gasteiger partial charge on any atom is -0.324 e. The van der Waals surface area contributed by atoms with Crippen molar-refractivity contribution < 1.29 is 4.79 Å². The Balaban J connectivity index is 1.64. The fourth-order valence-electron chi connectivity index (χ4n) is 2.31. The number of carbonyl (C=O) groups excluding carboxylic acids is 1. The zero-order valence-electron chi connectivity index (χ0n) is 14.5. The second-order valence-electron chi connectivity index (χ2n) is 5.49. The topological polar surface area (TPSA) is 96.5 Å². The predicted molar refractivity (Wildman–Crippen MR) is 106 cm³/mol. The molecule has 0 radical (unpaired) electrons. The minimum absolute atomic E-state index is 0.163. The average molecular weight is 397 g/mol. The molecule has 0 saturated carbocycles. The number of hydrogen-bond donors (Lipinski definition) is 1. The van der Waals surface area contributed by atoms with Crippen molar-refractivity contribution in [2.45, 2.75) is 17.0 Å². The summed E-state index contributed by atoms with van der Waals surface area (Å²) in [5.74, 6) is 0.333. The first kappa shape index (κ1) is 18.9. The van der Waals surface area contributed by atoms with Crippen LogP contribution < -0.4 is 5.32 Å². The van der Waals surface area contributed by atoms with Gasteiger partial charge >= 0.3 is 0 Å². The molecular formula is C18H16N6OS2. The van der Waals surface area contributed by atoms with Gasteiger partial charge in [-0.05, 0) is 47.2 Å². The van der Waals surface area contributed by atoms with Crippen LogP contribution in [0.4, 0.5) is 5.69 Å². The molecule has 3 aromatic rings. The van der Waals surface area contributed by atoms with Crippen LogP contribution in [0.5, 0.6) is 0 Å². The lowest BCUT2D eigenvalue weighted by molar-refractivity contribution is -0.113. The number of nitrogens with one attached hydrogen (secondary N) is 1. The third-order valence-electron chi connectivity index (χ3n) is 3.47. The van der Waals surface area contributed by atoms with Crippen LogP contribution in [0.2, 0.25) is 0 Å². The van der Waals surface area contributed by atoms with Gasteiger partial charge in [0.2, 0.25) is 11.1 Å². The molecule has 0 aliphatic carbocycles. The van der Waals surface area contributed by atoms with Gasteiger partial charge in [0.25, 0.3) is 0 Å². The highest BCUT2D eigenvalue weighted by molar-refractivity contribution is 8.00. The van der Waals surface area contributed by atoms with Gasteiger partial charge in [-0.25, -0.2) is 0 Å². The van der Waals surface area contributed by atoms with E-state index in [2.05, 4.69) is 26.9 Å². The molecule has 3 rings (SSSR count). The molecule has 7 nitrogen and oxygen atoms in total. The van der Waals surface area contributed by atoms with Crippen LogP contribution in [0.3, 0.4) is 0 Å². The molecule has 27 heavy (non-hydrogen) atoms. The van der Waals surface area contributed by atoms with Crippen molar-refractivity contribution in [2.75, 3.05) is 16.8 Å². The van der Waals surface area contributed by atoms with Gasteiger partial charge in [-0.2, -0.15) is 9.94 Å². The zero-order valence-corrected chi connectivity index (χ0v) is 16.1. The molecule has 0 aliphatic rings. The number of tetrazole rings is 1. The number of carbonyl (C=O) groups is 1. The highest BCUT2D eigenvalue weighted by Gasteiger charge is 2.13. The summed E-state index contributed by atoms with van der Waals surface area (Å²) < 4.78 is 1.61. The fraction of sp³-hybridized carbons (Fsp3) is 0.167. The predicted octanol–water partition coefficient (Wildman–Crippen LogP) is 3.32. The van der Waals surface area contributed by atoms with Crippen LogP contribution in [-0.2, 0) is 4.79 Å². The summed E-state index contributed by atoms with van der Waals surface area (Å²) in [6, 6.07) is 17.3. The molecule has 1 N–H and O–H groups in total. The van der Waals surface area contributed by atoms with Crippen molar-refractivity contribution >= 4 is 35.1 Å². The van der Waals surface area contributed by atoms with Gasteiger partial charge in [0, 0.05) is 4.90 Å². The molecule has 1 aromatic heterocycles. The number of anilines is 1. The number of aryl methyl sites for hydroxylation is 1. The van der Waals surface area contributed by atoms with E-state index < -0.39 is 0 Å². The first-order valence-corrected chi connectivity index (χ1v) is 10.0. The van der Waals surface area contributed by atoms with Gasteiger partial charge in [-0.1, -0.05) is 36.0 Å². The summed E-state index contributed by atoms with van der Waals surface area (Å²) in [5, 5.41) is 23.9. The molecule has 0 spiro atoms. The molecular weight excluding hydrogens is 380 g/mol. The van der Waals surface area contributed by atoms with Gasteiger partial charge in [0.1, 0.15) is 0 Å². The highest BCUT2D eigenvalue weighted by Crippen LogP contribution is 2.27. The average Bonchev–Trinajstić information content (AvgIpc) is 3.14. The molecule has 0 atom stereocenters. The third-order valence-corrected chi connectivity index (χ3v) is 5.33. The molecule has 9 heteroatoms. The Labute approximate surface area is 165 Å². The SMILES string of the molecule is Cc1cccc(-n2nnnc2SCC(=O)Nc2ccccc2SCC#N)c1. The summed E-state index contributed by atoms with van der Waals surface area (Å²) in [6.07, 6.45) is 0. The summed E-state index contributed by atoms with van der Waals surface area (Å²) in [5.41, 5.74) is 2.64. The van der Waals surface area contributed by atoms with Crippen LogP contribution in [-0.4, -0.2) is 37.6 Å². The maximum absolute atomic E-state index is 12.4. The smallest absolute Gasteiger partial charge is 0.234 e. The van der Waals surface area contributed by atoms with Crippen molar-refractivity contribution in [3.8, 4) is 11.8 Å². The normalized spacial score (nSPS) is 10.4. The second kappa shape index (κ2) is 9.21.